The first-order chi connectivity index (χ1) is 34.3. The molecule has 3 fully saturated rings. The molecule has 4 aliphatic carbocycles. The second kappa shape index (κ2) is 15.3. The maximum Gasteiger partial charge on any atom is 0.343 e. The third kappa shape index (κ3) is 5.92. The highest BCUT2D eigenvalue weighted by molar-refractivity contribution is 7.32. The molecule has 7 aromatic carbocycles. The molecule has 3 saturated carbocycles. The van der Waals surface area contributed by atoms with E-state index < -0.39 is 0 Å². The summed E-state index contributed by atoms with van der Waals surface area (Å²) in [6.45, 7) is 9.72. The van der Waals surface area contributed by atoms with E-state index in [9.17, 15) is 0 Å². The van der Waals surface area contributed by atoms with Crippen LogP contribution in [-0.2, 0) is 17.3 Å². The van der Waals surface area contributed by atoms with Crippen molar-refractivity contribution in [2.24, 2.45) is 17.8 Å². The van der Waals surface area contributed by atoms with Crippen molar-refractivity contribution in [3.8, 4) is 22.3 Å². The average Bonchev–Trinajstić information content (AvgIpc) is 4.14. The van der Waals surface area contributed by atoms with Gasteiger partial charge in [-0.15, -0.1) is 11.3 Å². The summed E-state index contributed by atoms with van der Waals surface area (Å²) >= 11 is 2.06. The lowest BCUT2D eigenvalue weighted by Crippen LogP contribution is -2.55. The summed E-state index contributed by atoms with van der Waals surface area (Å²) in [6, 6.07) is 51.2. The monoisotopic (exact) mass is 926 g/mol. The van der Waals surface area contributed by atoms with E-state index in [1.54, 1.807) is 16.7 Å². The molecule has 4 heteroatoms. The number of anilines is 3. The largest absolute Gasteiger partial charge is 0.375 e. The van der Waals surface area contributed by atoms with Gasteiger partial charge in [-0.05, 0) is 186 Å². The van der Waals surface area contributed by atoms with E-state index in [0.717, 1.165) is 24.2 Å². The molecule has 2 aromatic heterocycles. The zero-order chi connectivity index (χ0) is 46.6. The van der Waals surface area contributed by atoms with Crippen molar-refractivity contribution < 1.29 is 0 Å². The lowest BCUT2D eigenvalue weighted by Gasteiger charge is -2.42. The summed E-state index contributed by atoms with van der Waals surface area (Å²) in [5.74, 6) is 2.44. The van der Waals surface area contributed by atoms with Crippen LogP contribution < -0.4 is 15.1 Å². The molecule has 0 spiro atoms. The maximum absolute atomic E-state index is 2.87. The first-order valence-electron chi connectivity index (χ1n) is 27.2. The zero-order valence-corrected chi connectivity index (χ0v) is 42.3. The number of hydrogen-bond donors (Lipinski definition) is 0. The van der Waals surface area contributed by atoms with Crippen LogP contribution in [0.15, 0.2) is 139 Å². The van der Waals surface area contributed by atoms with Crippen LogP contribution in [0.2, 0.25) is 0 Å². The average molecular weight is 927 g/mol. The van der Waals surface area contributed by atoms with Crippen LogP contribution >= 0.6 is 11.3 Å². The number of benzene rings is 7. The highest BCUT2D eigenvalue weighted by Gasteiger charge is 2.49. The van der Waals surface area contributed by atoms with Gasteiger partial charge in [0, 0.05) is 58.9 Å². The smallest absolute Gasteiger partial charge is 0.343 e. The highest BCUT2D eigenvalue weighted by atomic mass is 32.1. The lowest BCUT2D eigenvalue weighted by molar-refractivity contribution is 0.207. The summed E-state index contributed by atoms with van der Waals surface area (Å²) in [7, 11) is 0. The van der Waals surface area contributed by atoms with E-state index in [-0.39, 0.29) is 17.7 Å². The number of rotatable bonds is 8. The van der Waals surface area contributed by atoms with Gasteiger partial charge in [-0.2, -0.15) is 0 Å². The fourth-order valence-electron chi connectivity index (χ4n) is 16.1. The number of thiophene rings is 1. The number of aryl methyl sites for hydroxylation is 2. The fraction of sp³-hybridized carbons (Fsp3) is 0.333. The van der Waals surface area contributed by atoms with Gasteiger partial charge in [0.2, 0.25) is 0 Å². The predicted octanol–water partition coefficient (Wildman–Crippen LogP) is 17.1. The molecule has 4 bridgehead atoms. The Morgan fingerprint density at radius 3 is 2.39 bits per heavy atom. The second-order valence-corrected chi connectivity index (χ2v) is 24.5. The van der Waals surface area contributed by atoms with Gasteiger partial charge < -0.3 is 9.38 Å². The molecule has 6 aliphatic rings. The van der Waals surface area contributed by atoms with Gasteiger partial charge in [0.1, 0.15) is 0 Å². The highest BCUT2D eigenvalue weighted by Crippen LogP contribution is 2.58. The summed E-state index contributed by atoms with van der Waals surface area (Å²) in [6.07, 6.45) is 19.2. The van der Waals surface area contributed by atoms with Gasteiger partial charge >= 0.3 is 6.85 Å². The van der Waals surface area contributed by atoms with Crippen LogP contribution in [-0.4, -0.2) is 11.3 Å². The summed E-state index contributed by atoms with van der Waals surface area (Å²) in [5.41, 5.74) is 21.8. The van der Waals surface area contributed by atoms with Crippen LogP contribution in [0.4, 0.5) is 17.1 Å². The van der Waals surface area contributed by atoms with Crippen molar-refractivity contribution in [3.63, 3.8) is 0 Å². The van der Waals surface area contributed by atoms with E-state index in [4.69, 9.17) is 0 Å². The van der Waals surface area contributed by atoms with E-state index in [1.807, 2.05) is 0 Å². The van der Waals surface area contributed by atoms with Crippen molar-refractivity contribution in [2.45, 2.75) is 122 Å². The second-order valence-electron chi connectivity index (χ2n) is 23.4. The Morgan fingerprint density at radius 2 is 1.54 bits per heavy atom. The van der Waals surface area contributed by atoms with Crippen LogP contribution in [0.3, 0.4) is 0 Å². The molecule has 9 aromatic rings. The molecule has 0 saturated heterocycles. The lowest BCUT2D eigenvalue weighted by atomic mass is 9.48. The molecule has 0 radical (unpaired) electrons. The van der Waals surface area contributed by atoms with Crippen LogP contribution in [0.1, 0.15) is 120 Å². The summed E-state index contributed by atoms with van der Waals surface area (Å²) in [5, 5.41) is 6.97. The fourth-order valence-corrected chi connectivity index (χ4v) is 17.6. The number of hydrogen-bond acceptors (Lipinski definition) is 2. The standard InChI is InChI=1S/C66H63BN2S/c1-5-7-13-42-20-24-57(52(32-42)46-14-9-8-10-15-46)68-59-30-40(3)29-54-56-35-49(65(6-2)37-43-18-19-44(31-43)38-65)34-55-53-33-48(66-27-26-45(39-66)28-41(4)36-66)22-25-58(53)69(61(55)56)67(60(54)59)64-62(68)51-23-21-47-16-11-12-17-50(47)63(51)70-64/h8-12,14-17,20-26,29-30,32-35,41,43-44H,5-7,13,18-19,27-28,31,36-39H2,1-4H3. The Morgan fingerprint density at radius 1 is 0.714 bits per heavy atom. The van der Waals surface area contributed by atoms with Crippen molar-refractivity contribution in [2.75, 3.05) is 4.90 Å². The van der Waals surface area contributed by atoms with Crippen LogP contribution in [0.25, 0.3) is 64.9 Å². The van der Waals surface area contributed by atoms with Crippen LogP contribution in [0, 0.1) is 24.7 Å². The molecule has 2 aliphatic heterocycles. The van der Waals surface area contributed by atoms with Crippen molar-refractivity contribution in [3.05, 3.63) is 161 Å². The maximum atomic E-state index is 2.87. The summed E-state index contributed by atoms with van der Waals surface area (Å²) in [4.78, 5) is 2.74. The SMILES string of the molecule is CCCCc1ccc(N2c3cc(C)cc4c3B(c3sc5c(ccc6ccccc65)c32)n2c3ccc(C56CC=C(CC(C)C5)C6)cc3c3cc(C5(CC)CC6CCC(C6)C5)cc-4c32)c(-c2ccccc2)c1. The van der Waals surface area contributed by atoms with E-state index >= 15 is 0 Å². The van der Waals surface area contributed by atoms with Crippen molar-refractivity contribution in [1.29, 1.82) is 0 Å². The number of unbranched alkanes of at least 4 members (excludes halogenated alkanes) is 1. The minimum Gasteiger partial charge on any atom is -0.375 e. The molecular formula is C66H63BN2S. The van der Waals surface area contributed by atoms with E-state index in [1.165, 1.54) is 180 Å². The van der Waals surface area contributed by atoms with E-state index in [0.29, 0.717) is 0 Å². The molecule has 4 unspecified atom stereocenters. The van der Waals surface area contributed by atoms with Gasteiger partial charge in [0.05, 0.1) is 11.4 Å². The third-order valence-corrected chi connectivity index (χ3v) is 20.4. The Kier molecular flexibility index (Phi) is 9.18. The summed E-state index contributed by atoms with van der Waals surface area (Å²) < 4.78 is 5.72. The molecule has 15 rings (SSSR count). The Hall–Kier alpha value is -5.84. The minimum atomic E-state index is 0.0273. The van der Waals surface area contributed by atoms with Gasteiger partial charge in [-0.1, -0.05) is 137 Å². The number of fused-ring (bicyclic) bond motifs is 15. The normalized spacial score (nSPS) is 24.0. The Balaban J connectivity index is 1.06. The Labute approximate surface area is 418 Å². The van der Waals surface area contributed by atoms with Gasteiger partial charge in [0.25, 0.3) is 0 Å². The molecule has 4 heterocycles. The third-order valence-electron chi connectivity index (χ3n) is 19.1. The zero-order valence-electron chi connectivity index (χ0n) is 41.5. The van der Waals surface area contributed by atoms with Crippen molar-refractivity contribution in [1.82, 2.24) is 4.48 Å². The molecule has 70 heavy (non-hydrogen) atoms. The molecule has 4 atom stereocenters. The minimum absolute atomic E-state index is 0.0273. The number of nitrogens with zero attached hydrogens (tertiary/aromatic N) is 2. The predicted molar refractivity (Wildman–Crippen MR) is 301 cm³/mol. The van der Waals surface area contributed by atoms with Gasteiger partial charge in [-0.25, -0.2) is 0 Å². The number of allylic oxidation sites excluding steroid dienone is 2. The van der Waals surface area contributed by atoms with Crippen molar-refractivity contribution >= 4 is 88.2 Å². The Bertz CT molecular complexity index is 3690. The van der Waals surface area contributed by atoms with E-state index in [2.05, 4.69) is 182 Å². The first kappa shape index (κ1) is 41.9. The molecule has 0 amide bonds. The quantitative estimate of drug-likeness (QED) is 0.109. The topological polar surface area (TPSA) is 8.17 Å². The van der Waals surface area contributed by atoms with Gasteiger partial charge in [0.15, 0.2) is 0 Å². The number of aromatic nitrogens is 1. The molecular weight excluding hydrogens is 864 g/mol. The van der Waals surface area contributed by atoms with Crippen LogP contribution in [0.5, 0.6) is 0 Å². The molecule has 346 valence electrons. The first-order valence-corrected chi connectivity index (χ1v) is 28.0. The molecule has 2 nitrogen and oxygen atoms in total. The van der Waals surface area contributed by atoms with Gasteiger partial charge in [-0.3, -0.25) is 0 Å². The molecule has 0 N–H and O–H groups in total.